The molecule has 0 bridgehead atoms. The third kappa shape index (κ3) is 3.77. The Morgan fingerprint density at radius 2 is 1.91 bits per heavy atom. The topological polar surface area (TPSA) is 110 Å². The number of aryl methyl sites for hydroxylation is 2. The highest BCUT2D eigenvalue weighted by atomic mass is 32.1. The molecule has 162 valence electrons. The summed E-state index contributed by atoms with van der Waals surface area (Å²) < 4.78 is 2.52. The lowest BCUT2D eigenvalue weighted by molar-refractivity contribution is -0.115. The second-order valence-corrected chi connectivity index (χ2v) is 9.14. The standard InChI is InChI=1S/C22H19N5O3S2/c1-4-16-14(18-19(29)26(2)22(30)27(3)20(18)32-16)9-17(28)25-21-24-15(11-31-21)13-7-5-12(10-23)6-8-13/h5-8,11H,4,9H2,1-3H3,(H,24,25,28). The Bertz CT molecular complexity index is 1500. The average Bonchev–Trinajstić information content (AvgIpc) is 3.41. The Hall–Kier alpha value is -3.55. The summed E-state index contributed by atoms with van der Waals surface area (Å²) in [4.78, 5) is 43.8. The molecule has 32 heavy (non-hydrogen) atoms. The van der Waals surface area contributed by atoms with E-state index in [1.165, 1.54) is 34.3 Å². The molecule has 1 N–H and O–H groups in total. The van der Waals surface area contributed by atoms with Crippen LogP contribution in [0.3, 0.4) is 0 Å². The summed E-state index contributed by atoms with van der Waals surface area (Å²) in [6.07, 6.45) is 0.668. The molecule has 3 aromatic heterocycles. The van der Waals surface area contributed by atoms with E-state index in [9.17, 15) is 14.4 Å². The third-order valence-electron chi connectivity index (χ3n) is 5.19. The lowest BCUT2D eigenvalue weighted by Crippen LogP contribution is -2.36. The Morgan fingerprint density at radius 1 is 1.19 bits per heavy atom. The van der Waals surface area contributed by atoms with Crippen molar-refractivity contribution in [3.8, 4) is 17.3 Å². The van der Waals surface area contributed by atoms with Gasteiger partial charge in [0.1, 0.15) is 4.83 Å². The fraction of sp³-hybridized carbons (Fsp3) is 0.227. The summed E-state index contributed by atoms with van der Waals surface area (Å²) in [7, 11) is 3.07. The number of hydrogen-bond donors (Lipinski definition) is 1. The van der Waals surface area contributed by atoms with Crippen molar-refractivity contribution in [1.82, 2.24) is 14.1 Å². The number of nitrogens with one attached hydrogen (secondary N) is 1. The number of nitrogens with zero attached hydrogens (tertiary/aromatic N) is 4. The number of benzene rings is 1. The molecule has 0 atom stereocenters. The van der Waals surface area contributed by atoms with Crippen molar-refractivity contribution >= 4 is 43.9 Å². The molecule has 0 unspecified atom stereocenters. The SMILES string of the molecule is CCc1sc2c(c1CC(=O)Nc1nc(-c3ccc(C#N)cc3)cs1)c(=O)n(C)c(=O)n2C. The first-order valence-electron chi connectivity index (χ1n) is 9.80. The van der Waals surface area contributed by atoms with Crippen molar-refractivity contribution in [2.75, 3.05) is 5.32 Å². The number of rotatable bonds is 5. The van der Waals surface area contributed by atoms with Crippen LogP contribution in [0.1, 0.15) is 22.9 Å². The zero-order valence-corrected chi connectivity index (χ0v) is 19.3. The van der Waals surface area contributed by atoms with E-state index in [1.54, 1.807) is 19.2 Å². The van der Waals surface area contributed by atoms with Gasteiger partial charge in [-0.3, -0.25) is 18.7 Å². The van der Waals surface area contributed by atoms with Crippen LogP contribution in [0.25, 0.3) is 21.5 Å². The Balaban J connectivity index is 1.61. The first-order valence-corrected chi connectivity index (χ1v) is 11.5. The molecule has 4 aromatic rings. The minimum Gasteiger partial charge on any atom is -0.302 e. The first kappa shape index (κ1) is 21.7. The van der Waals surface area contributed by atoms with Crippen LogP contribution in [0.2, 0.25) is 0 Å². The normalized spacial score (nSPS) is 10.9. The predicted molar refractivity (Wildman–Crippen MR) is 126 cm³/mol. The number of anilines is 1. The molecular weight excluding hydrogens is 446 g/mol. The molecule has 10 heteroatoms. The van der Waals surface area contributed by atoms with Gasteiger partial charge in [0.25, 0.3) is 5.56 Å². The number of carbonyl (C=O) groups excluding carboxylic acids is 1. The lowest BCUT2D eigenvalue weighted by atomic mass is 10.1. The molecule has 4 rings (SSSR count). The molecule has 0 spiro atoms. The summed E-state index contributed by atoms with van der Waals surface area (Å²) in [6.45, 7) is 1.96. The number of carbonyl (C=O) groups is 1. The van der Waals surface area contributed by atoms with Crippen LogP contribution >= 0.6 is 22.7 Å². The monoisotopic (exact) mass is 465 g/mol. The number of amides is 1. The van der Waals surface area contributed by atoms with Gasteiger partial charge in [-0.25, -0.2) is 9.78 Å². The van der Waals surface area contributed by atoms with E-state index in [-0.39, 0.29) is 23.6 Å². The van der Waals surface area contributed by atoms with E-state index in [4.69, 9.17) is 5.26 Å². The smallest absolute Gasteiger partial charge is 0.302 e. The van der Waals surface area contributed by atoms with E-state index in [2.05, 4.69) is 16.4 Å². The van der Waals surface area contributed by atoms with Gasteiger partial charge in [-0.1, -0.05) is 19.1 Å². The van der Waals surface area contributed by atoms with Gasteiger partial charge >= 0.3 is 5.69 Å². The minimum absolute atomic E-state index is 0.0163. The predicted octanol–water partition coefficient (Wildman–Crippen LogP) is 3.04. The molecule has 8 nitrogen and oxygen atoms in total. The second-order valence-electron chi connectivity index (χ2n) is 7.20. The molecule has 3 heterocycles. The molecule has 0 aliphatic heterocycles. The number of nitriles is 1. The van der Waals surface area contributed by atoms with Crippen LogP contribution < -0.4 is 16.6 Å². The molecule has 1 aromatic carbocycles. The number of hydrogen-bond acceptors (Lipinski definition) is 7. The zero-order chi connectivity index (χ0) is 23.0. The van der Waals surface area contributed by atoms with Gasteiger partial charge in [0.2, 0.25) is 5.91 Å². The lowest BCUT2D eigenvalue weighted by Gasteiger charge is -2.06. The average molecular weight is 466 g/mol. The first-order chi connectivity index (χ1) is 15.3. The fourth-order valence-electron chi connectivity index (χ4n) is 3.50. The third-order valence-corrected chi connectivity index (χ3v) is 7.40. The molecule has 0 radical (unpaired) electrons. The van der Waals surface area contributed by atoms with E-state index in [0.29, 0.717) is 38.6 Å². The summed E-state index contributed by atoms with van der Waals surface area (Å²) in [5.74, 6) is -0.281. The maximum Gasteiger partial charge on any atom is 0.331 e. The van der Waals surface area contributed by atoms with Crippen molar-refractivity contribution in [3.63, 3.8) is 0 Å². The Kier molecular flexibility index (Phi) is 5.78. The van der Waals surface area contributed by atoms with Crippen molar-refractivity contribution < 1.29 is 4.79 Å². The van der Waals surface area contributed by atoms with E-state index in [1.807, 2.05) is 24.4 Å². The van der Waals surface area contributed by atoms with Crippen molar-refractivity contribution in [3.05, 3.63) is 66.5 Å². The highest BCUT2D eigenvalue weighted by Crippen LogP contribution is 2.30. The summed E-state index contributed by atoms with van der Waals surface area (Å²) in [5.41, 5.74) is 2.00. The summed E-state index contributed by atoms with van der Waals surface area (Å²) in [5, 5.41) is 14.4. The molecule has 0 saturated heterocycles. The van der Waals surface area contributed by atoms with Gasteiger partial charge < -0.3 is 5.32 Å². The van der Waals surface area contributed by atoms with E-state index >= 15 is 0 Å². The quantitative estimate of drug-likeness (QED) is 0.487. The number of aromatic nitrogens is 3. The van der Waals surface area contributed by atoms with Crippen LogP contribution in [0.15, 0.2) is 39.2 Å². The van der Waals surface area contributed by atoms with Gasteiger partial charge in [-0.05, 0) is 24.1 Å². The van der Waals surface area contributed by atoms with E-state index < -0.39 is 0 Å². The zero-order valence-electron chi connectivity index (χ0n) is 17.6. The number of thiazole rings is 1. The summed E-state index contributed by atoms with van der Waals surface area (Å²) in [6, 6.07) is 9.13. The van der Waals surface area contributed by atoms with Gasteiger partial charge in [0, 0.05) is 29.9 Å². The van der Waals surface area contributed by atoms with Crippen LogP contribution in [0, 0.1) is 11.3 Å². The van der Waals surface area contributed by atoms with Crippen molar-refractivity contribution in [2.45, 2.75) is 19.8 Å². The molecule has 0 aliphatic rings. The van der Waals surface area contributed by atoms with Crippen LogP contribution in [0.4, 0.5) is 5.13 Å². The molecule has 0 aliphatic carbocycles. The maximum atomic E-state index is 12.8. The minimum atomic E-state index is -0.390. The van der Waals surface area contributed by atoms with Gasteiger partial charge in [-0.15, -0.1) is 22.7 Å². The van der Waals surface area contributed by atoms with E-state index in [0.717, 1.165) is 15.0 Å². The van der Waals surface area contributed by atoms with Crippen LogP contribution in [0.5, 0.6) is 0 Å². The van der Waals surface area contributed by atoms with Crippen LogP contribution in [-0.2, 0) is 31.7 Å². The van der Waals surface area contributed by atoms with Crippen molar-refractivity contribution in [1.29, 1.82) is 5.26 Å². The summed E-state index contributed by atoms with van der Waals surface area (Å²) >= 11 is 2.68. The molecular formula is C22H19N5O3S2. The highest BCUT2D eigenvalue weighted by molar-refractivity contribution is 7.18. The highest BCUT2D eigenvalue weighted by Gasteiger charge is 2.21. The fourth-order valence-corrected chi connectivity index (χ4v) is 5.44. The van der Waals surface area contributed by atoms with Gasteiger partial charge in [-0.2, -0.15) is 5.26 Å². The van der Waals surface area contributed by atoms with Crippen molar-refractivity contribution in [2.24, 2.45) is 14.1 Å². The molecule has 0 fully saturated rings. The number of fused-ring (bicyclic) bond motifs is 1. The molecule has 0 saturated carbocycles. The largest absolute Gasteiger partial charge is 0.331 e. The van der Waals surface area contributed by atoms with Gasteiger partial charge in [0.15, 0.2) is 5.13 Å². The molecule has 1 amide bonds. The second kappa shape index (κ2) is 8.53. The van der Waals surface area contributed by atoms with Gasteiger partial charge in [0.05, 0.1) is 29.1 Å². The number of thiophene rings is 1. The van der Waals surface area contributed by atoms with Crippen LogP contribution in [-0.4, -0.2) is 20.0 Å². The Labute approximate surface area is 191 Å². The Morgan fingerprint density at radius 3 is 2.56 bits per heavy atom. The maximum absolute atomic E-state index is 12.8.